The molecule has 0 aliphatic rings. The Balaban J connectivity index is 2.12. The second kappa shape index (κ2) is 5.04. The molecule has 16 heavy (non-hydrogen) atoms. The molecule has 2 aromatic carbocycles. The molecule has 80 valence electrons. The van der Waals surface area contributed by atoms with Crippen LogP contribution in [0, 0.1) is 0 Å². The molecule has 0 aliphatic carbocycles. The van der Waals surface area contributed by atoms with Gasteiger partial charge in [-0.15, -0.1) is 0 Å². The zero-order chi connectivity index (χ0) is 11.2. The normalized spacial score (nSPS) is 10.6. The van der Waals surface area contributed by atoms with Crippen LogP contribution in [0.4, 0.5) is 11.4 Å². The summed E-state index contributed by atoms with van der Waals surface area (Å²) in [6, 6.07) is 16.1. The van der Waals surface area contributed by atoms with Crippen molar-refractivity contribution in [3.05, 3.63) is 54.6 Å². The van der Waals surface area contributed by atoms with E-state index in [1.54, 1.807) is 24.3 Å². The van der Waals surface area contributed by atoms with Gasteiger partial charge < -0.3 is 4.89 Å². The molecule has 0 saturated heterocycles. The molecule has 4 nitrogen and oxygen atoms in total. The van der Waals surface area contributed by atoms with Gasteiger partial charge >= 0.3 is 0 Å². The van der Waals surface area contributed by atoms with Gasteiger partial charge in [0.2, 0.25) is 0 Å². The third kappa shape index (κ3) is 2.65. The number of nitrogens with zero attached hydrogens (tertiary/aromatic N) is 2. The highest BCUT2D eigenvalue weighted by atomic mass is 17.1. The Morgan fingerprint density at radius 3 is 1.88 bits per heavy atom. The fourth-order valence-corrected chi connectivity index (χ4v) is 1.18. The van der Waals surface area contributed by atoms with Crippen molar-refractivity contribution in [2.75, 3.05) is 0 Å². The Morgan fingerprint density at radius 1 is 0.750 bits per heavy atom. The monoisotopic (exact) mass is 214 g/mol. The van der Waals surface area contributed by atoms with Crippen LogP contribution < -0.4 is 4.89 Å². The molecule has 1 N–H and O–H groups in total. The molecule has 0 radical (unpaired) electrons. The van der Waals surface area contributed by atoms with E-state index in [1.165, 1.54) is 0 Å². The van der Waals surface area contributed by atoms with E-state index >= 15 is 0 Å². The second-order valence-electron chi connectivity index (χ2n) is 3.12. The third-order valence-corrected chi connectivity index (χ3v) is 1.98. The zero-order valence-corrected chi connectivity index (χ0v) is 8.45. The van der Waals surface area contributed by atoms with Crippen molar-refractivity contribution in [1.82, 2.24) is 0 Å². The van der Waals surface area contributed by atoms with Crippen molar-refractivity contribution < 1.29 is 10.1 Å². The summed E-state index contributed by atoms with van der Waals surface area (Å²) in [6.45, 7) is 0. The zero-order valence-electron chi connectivity index (χ0n) is 8.45. The molecule has 0 saturated carbocycles. The molecule has 0 fully saturated rings. The van der Waals surface area contributed by atoms with Gasteiger partial charge in [0.05, 0.1) is 11.4 Å². The summed E-state index contributed by atoms with van der Waals surface area (Å²) in [5, 5.41) is 16.5. The number of azo groups is 1. The molecule has 0 bridgehead atoms. The lowest BCUT2D eigenvalue weighted by Gasteiger charge is -1.95. The average Bonchev–Trinajstić information content (AvgIpc) is 2.38. The topological polar surface area (TPSA) is 54.2 Å². The summed E-state index contributed by atoms with van der Waals surface area (Å²) >= 11 is 0. The molecule has 4 heteroatoms. The van der Waals surface area contributed by atoms with Crippen molar-refractivity contribution in [2.24, 2.45) is 10.2 Å². The second-order valence-corrected chi connectivity index (χ2v) is 3.12. The predicted octanol–water partition coefficient (Wildman–Crippen LogP) is 3.95. The maximum absolute atomic E-state index is 8.38. The minimum absolute atomic E-state index is 0.374. The van der Waals surface area contributed by atoms with E-state index in [2.05, 4.69) is 15.1 Å². The molecule has 2 aromatic rings. The standard InChI is InChI=1S/C12H10N2O2/c15-16-12-8-6-11(7-9-12)14-13-10-4-2-1-3-5-10/h1-9,15H/b14-13+. The minimum Gasteiger partial charge on any atom is -0.340 e. The van der Waals surface area contributed by atoms with Crippen LogP contribution in [0.5, 0.6) is 5.75 Å². The van der Waals surface area contributed by atoms with Crippen LogP contribution in [-0.4, -0.2) is 5.26 Å². The number of rotatable bonds is 3. The number of hydrogen-bond donors (Lipinski definition) is 1. The summed E-state index contributed by atoms with van der Waals surface area (Å²) in [7, 11) is 0. The van der Waals surface area contributed by atoms with Gasteiger partial charge in [0.1, 0.15) is 0 Å². The smallest absolute Gasteiger partial charge is 0.165 e. The number of benzene rings is 2. The highest BCUT2D eigenvalue weighted by Crippen LogP contribution is 2.20. The van der Waals surface area contributed by atoms with Crippen LogP contribution in [0.3, 0.4) is 0 Å². The van der Waals surface area contributed by atoms with Gasteiger partial charge in [-0.1, -0.05) is 18.2 Å². The first kappa shape index (κ1) is 10.3. The lowest BCUT2D eigenvalue weighted by Crippen LogP contribution is -1.80. The lowest BCUT2D eigenvalue weighted by atomic mass is 10.3. The first-order chi connectivity index (χ1) is 7.88. The van der Waals surface area contributed by atoms with E-state index < -0.39 is 0 Å². The Bertz CT molecular complexity index is 466. The van der Waals surface area contributed by atoms with E-state index in [-0.39, 0.29) is 0 Å². The molecule has 0 amide bonds. The van der Waals surface area contributed by atoms with Gasteiger partial charge in [-0.05, 0) is 36.4 Å². The third-order valence-electron chi connectivity index (χ3n) is 1.98. The molecule has 0 spiro atoms. The fraction of sp³-hybridized carbons (Fsp3) is 0. The lowest BCUT2D eigenvalue weighted by molar-refractivity contribution is -0.137. The molecule has 0 heterocycles. The molecule has 0 atom stereocenters. The van der Waals surface area contributed by atoms with Crippen molar-refractivity contribution in [1.29, 1.82) is 0 Å². The summed E-state index contributed by atoms with van der Waals surface area (Å²) in [5.41, 5.74) is 1.50. The van der Waals surface area contributed by atoms with E-state index in [0.717, 1.165) is 5.69 Å². The van der Waals surface area contributed by atoms with Gasteiger partial charge in [-0.25, -0.2) is 5.26 Å². The SMILES string of the molecule is OOc1ccc(/N=N/c2ccccc2)cc1. The highest BCUT2D eigenvalue weighted by molar-refractivity contribution is 5.42. The fourth-order valence-electron chi connectivity index (χ4n) is 1.18. The minimum atomic E-state index is 0.374. The van der Waals surface area contributed by atoms with Crippen LogP contribution in [0.25, 0.3) is 0 Å². The van der Waals surface area contributed by atoms with E-state index in [1.807, 2.05) is 30.3 Å². The maximum Gasteiger partial charge on any atom is 0.165 e. The summed E-state index contributed by atoms with van der Waals surface area (Å²) < 4.78 is 0. The molecular formula is C12H10N2O2. The molecule has 0 aromatic heterocycles. The van der Waals surface area contributed by atoms with E-state index in [0.29, 0.717) is 11.4 Å². The highest BCUT2D eigenvalue weighted by Gasteiger charge is 1.93. The van der Waals surface area contributed by atoms with Gasteiger partial charge in [-0.2, -0.15) is 10.2 Å². The first-order valence-corrected chi connectivity index (χ1v) is 4.77. The van der Waals surface area contributed by atoms with Gasteiger partial charge in [0.15, 0.2) is 5.75 Å². The van der Waals surface area contributed by atoms with Crippen molar-refractivity contribution in [3.63, 3.8) is 0 Å². The summed E-state index contributed by atoms with van der Waals surface area (Å²) in [6.07, 6.45) is 0. The molecule has 0 unspecified atom stereocenters. The van der Waals surface area contributed by atoms with Gasteiger partial charge in [-0.3, -0.25) is 0 Å². The van der Waals surface area contributed by atoms with E-state index in [9.17, 15) is 0 Å². The van der Waals surface area contributed by atoms with Crippen molar-refractivity contribution in [2.45, 2.75) is 0 Å². The van der Waals surface area contributed by atoms with Crippen LogP contribution in [0.15, 0.2) is 64.8 Å². The predicted molar refractivity (Wildman–Crippen MR) is 60.3 cm³/mol. The molecular weight excluding hydrogens is 204 g/mol. The van der Waals surface area contributed by atoms with Crippen LogP contribution in [0.1, 0.15) is 0 Å². The average molecular weight is 214 g/mol. The Hall–Kier alpha value is -2.20. The molecule has 0 aliphatic heterocycles. The van der Waals surface area contributed by atoms with Crippen LogP contribution >= 0.6 is 0 Å². The Morgan fingerprint density at radius 2 is 1.31 bits per heavy atom. The Kier molecular flexibility index (Phi) is 3.25. The number of hydrogen-bond acceptors (Lipinski definition) is 4. The maximum atomic E-state index is 8.38. The van der Waals surface area contributed by atoms with Gasteiger partial charge in [0.25, 0.3) is 0 Å². The summed E-state index contributed by atoms with van der Waals surface area (Å²) in [4.78, 5) is 4.06. The van der Waals surface area contributed by atoms with Gasteiger partial charge in [0, 0.05) is 0 Å². The quantitative estimate of drug-likeness (QED) is 0.477. The van der Waals surface area contributed by atoms with E-state index in [4.69, 9.17) is 5.26 Å². The summed E-state index contributed by atoms with van der Waals surface area (Å²) in [5.74, 6) is 0.374. The molecule has 2 rings (SSSR count). The first-order valence-electron chi connectivity index (χ1n) is 4.77. The van der Waals surface area contributed by atoms with Crippen LogP contribution in [-0.2, 0) is 0 Å². The van der Waals surface area contributed by atoms with Crippen LogP contribution in [0.2, 0.25) is 0 Å². The Labute approximate surface area is 92.8 Å². The van der Waals surface area contributed by atoms with Crippen molar-refractivity contribution >= 4 is 11.4 Å². The largest absolute Gasteiger partial charge is 0.340 e. The van der Waals surface area contributed by atoms with Crippen molar-refractivity contribution in [3.8, 4) is 5.75 Å².